The normalized spacial score (nSPS) is 14.6. The van der Waals surface area contributed by atoms with Gasteiger partial charge in [-0.15, -0.1) is 11.3 Å². The minimum atomic E-state index is -3.93. The largest absolute Gasteiger partial charge is 0.492 e. The SMILES string of the molecule is CC(C)COc1ccc(C#Cc2ccc(N3CCN(S(=O)(=O)N[C@@H](C(=O)O)C(C)C)CC3)cc2)cc1C(=O)NCc1cccs1. The zero-order chi connectivity index (χ0) is 32.6. The molecule has 1 atom stereocenters. The van der Waals surface area contributed by atoms with E-state index in [1.54, 1.807) is 37.3 Å². The molecule has 3 aromatic rings. The number of hydrogen-bond donors (Lipinski definition) is 3. The van der Waals surface area contributed by atoms with Crippen LogP contribution in [0, 0.1) is 23.7 Å². The molecule has 0 aliphatic carbocycles. The molecule has 0 radical (unpaired) electrons. The summed E-state index contributed by atoms with van der Waals surface area (Å²) in [4.78, 5) is 27.7. The average molecular weight is 653 g/mol. The second-order valence-electron chi connectivity index (χ2n) is 11.5. The van der Waals surface area contributed by atoms with Crippen molar-refractivity contribution >= 4 is 39.1 Å². The van der Waals surface area contributed by atoms with Crippen LogP contribution in [0.1, 0.15) is 54.1 Å². The molecule has 45 heavy (non-hydrogen) atoms. The Morgan fingerprint density at radius 2 is 1.64 bits per heavy atom. The van der Waals surface area contributed by atoms with E-state index < -0.39 is 22.2 Å². The van der Waals surface area contributed by atoms with Gasteiger partial charge in [0.15, 0.2) is 0 Å². The Balaban J connectivity index is 1.40. The number of nitrogens with zero attached hydrogens (tertiary/aromatic N) is 2. The van der Waals surface area contributed by atoms with Crippen molar-refractivity contribution in [3.8, 4) is 17.6 Å². The molecule has 1 aromatic heterocycles. The number of carboxylic acids is 1. The maximum Gasteiger partial charge on any atom is 0.322 e. The van der Waals surface area contributed by atoms with Crippen LogP contribution in [0.5, 0.6) is 5.75 Å². The van der Waals surface area contributed by atoms with Crippen molar-refractivity contribution < 1.29 is 27.9 Å². The van der Waals surface area contributed by atoms with Crippen LogP contribution in [0.25, 0.3) is 0 Å². The van der Waals surface area contributed by atoms with Crippen molar-refractivity contribution in [3.63, 3.8) is 0 Å². The highest BCUT2D eigenvalue weighted by molar-refractivity contribution is 7.87. The molecule has 4 rings (SSSR count). The zero-order valence-electron chi connectivity index (χ0n) is 25.9. The van der Waals surface area contributed by atoms with Crippen molar-refractivity contribution in [2.45, 2.75) is 40.3 Å². The van der Waals surface area contributed by atoms with Gasteiger partial charge in [-0.1, -0.05) is 45.6 Å². The zero-order valence-corrected chi connectivity index (χ0v) is 27.6. The third kappa shape index (κ3) is 9.55. The number of benzene rings is 2. The van der Waals surface area contributed by atoms with Crippen molar-refractivity contribution in [1.29, 1.82) is 0 Å². The van der Waals surface area contributed by atoms with Gasteiger partial charge in [0.1, 0.15) is 11.8 Å². The lowest BCUT2D eigenvalue weighted by molar-refractivity contribution is -0.140. The van der Waals surface area contributed by atoms with Gasteiger partial charge < -0.3 is 20.1 Å². The number of nitrogens with one attached hydrogen (secondary N) is 2. The predicted octanol–water partition coefficient (Wildman–Crippen LogP) is 4.18. The van der Waals surface area contributed by atoms with E-state index in [0.717, 1.165) is 16.1 Å². The van der Waals surface area contributed by atoms with Gasteiger partial charge in [0.2, 0.25) is 0 Å². The number of hydrogen-bond acceptors (Lipinski definition) is 7. The summed E-state index contributed by atoms with van der Waals surface area (Å²) in [6.45, 7) is 9.77. The van der Waals surface area contributed by atoms with E-state index >= 15 is 0 Å². The number of amides is 1. The Bertz CT molecular complexity index is 1620. The Morgan fingerprint density at radius 3 is 2.24 bits per heavy atom. The Morgan fingerprint density at radius 1 is 0.978 bits per heavy atom. The molecule has 1 aliphatic heterocycles. The van der Waals surface area contributed by atoms with Crippen LogP contribution in [-0.4, -0.2) is 68.5 Å². The fraction of sp³-hybridized carbons (Fsp3) is 0.394. The predicted molar refractivity (Wildman–Crippen MR) is 177 cm³/mol. The van der Waals surface area contributed by atoms with Crippen LogP contribution < -0.4 is 19.7 Å². The average Bonchev–Trinajstić information content (AvgIpc) is 3.54. The first-order chi connectivity index (χ1) is 21.4. The minimum absolute atomic E-state index is 0.222. The third-order valence-electron chi connectivity index (χ3n) is 7.17. The number of ether oxygens (including phenoxy) is 1. The van der Waals surface area contributed by atoms with Crippen molar-refractivity contribution in [2.75, 3.05) is 37.7 Å². The molecule has 0 bridgehead atoms. The summed E-state index contributed by atoms with van der Waals surface area (Å²) in [6.07, 6.45) is 0. The maximum atomic E-state index is 13.1. The molecule has 240 valence electrons. The maximum absolute atomic E-state index is 13.1. The molecule has 0 spiro atoms. The van der Waals surface area contributed by atoms with Crippen LogP contribution in [0.4, 0.5) is 5.69 Å². The number of anilines is 1. The standard InChI is InChI=1S/C33H40N4O6S2/c1-23(2)22-43-30-14-11-26(20-29(30)32(38)34-21-28-6-5-19-44-28)8-7-25-9-12-27(13-10-25)36-15-17-37(18-16-36)45(41,42)35-31(24(3)4)33(39)40/h5-6,9-14,19-20,23-24,31,35H,15-18,21-22H2,1-4H3,(H,34,38)(H,39,40)/t31-/m1/s1. The topological polar surface area (TPSA) is 128 Å². The molecule has 0 unspecified atom stereocenters. The van der Waals surface area contributed by atoms with Crippen LogP contribution in [0.3, 0.4) is 0 Å². The summed E-state index contributed by atoms with van der Waals surface area (Å²) in [5, 5.41) is 14.3. The Kier molecular flexibility index (Phi) is 11.6. The molecule has 1 amide bonds. The first kappa shape index (κ1) is 34.0. The first-order valence-electron chi connectivity index (χ1n) is 14.9. The molecule has 10 nitrogen and oxygen atoms in total. The quantitative estimate of drug-likeness (QED) is 0.251. The van der Waals surface area contributed by atoms with Gasteiger partial charge in [0.25, 0.3) is 16.1 Å². The summed E-state index contributed by atoms with van der Waals surface area (Å²) in [7, 11) is -3.93. The number of piperazine rings is 1. The highest BCUT2D eigenvalue weighted by Crippen LogP contribution is 2.22. The van der Waals surface area contributed by atoms with E-state index in [0.29, 0.717) is 49.0 Å². The van der Waals surface area contributed by atoms with E-state index in [1.165, 1.54) is 4.31 Å². The monoisotopic (exact) mass is 652 g/mol. The lowest BCUT2D eigenvalue weighted by atomic mass is 10.1. The summed E-state index contributed by atoms with van der Waals surface area (Å²) in [6, 6.07) is 15.8. The Hall–Kier alpha value is -3.89. The number of aliphatic carboxylic acids is 1. The Labute approximate surface area is 269 Å². The van der Waals surface area contributed by atoms with Crippen molar-refractivity contribution in [2.24, 2.45) is 11.8 Å². The molecule has 1 fully saturated rings. The number of thiophene rings is 1. The minimum Gasteiger partial charge on any atom is -0.492 e. The number of carbonyl (C=O) groups excluding carboxylic acids is 1. The molecule has 12 heteroatoms. The van der Waals surface area contributed by atoms with Crippen LogP contribution >= 0.6 is 11.3 Å². The highest BCUT2D eigenvalue weighted by atomic mass is 32.2. The number of carboxylic acid groups (broad SMARTS) is 1. The molecule has 2 aromatic carbocycles. The molecule has 1 saturated heterocycles. The van der Waals surface area contributed by atoms with Gasteiger partial charge in [-0.05, 0) is 65.7 Å². The van der Waals surface area contributed by atoms with Crippen LogP contribution in [0.15, 0.2) is 60.0 Å². The van der Waals surface area contributed by atoms with E-state index in [9.17, 15) is 23.1 Å². The highest BCUT2D eigenvalue weighted by Gasteiger charge is 2.33. The molecular formula is C33H40N4O6S2. The number of rotatable bonds is 12. The van der Waals surface area contributed by atoms with Gasteiger partial charge in [0.05, 0.1) is 18.7 Å². The molecular weight excluding hydrogens is 613 g/mol. The van der Waals surface area contributed by atoms with Gasteiger partial charge in [-0.2, -0.15) is 17.4 Å². The lowest BCUT2D eigenvalue weighted by Gasteiger charge is -2.36. The fourth-order valence-corrected chi connectivity index (χ4v) is 6.77. The molecule has 1 aliphatic rings. The number of carbonyl (C=O) groups is 2. The van der Waals surface area contributed by atoms with E-state index in [-0.39, 0.29) is 24.9 Å². The summed E-state index contributed by atoms with van der Waals surface area (Å²) in [5.74, 6) is 5.34. The van der Waals surface area contributed by atoms with Crippen molar-refractivity contribution in [1.82, 2.24) is 14.3 Å². The smallest absolute Gasteiger partial charge is 0.322 e. The second-order valence-corrected chi connectivity index (χ2v) is 14.3. The van der Waals surface area contributed by atoms with Gasteiger partial charge >= 0.3 is 5.97 Å². The molecule has 2 heterocycles. The van der Waals surface area contributed by atoms with E-state index in [2.05, 4.69) is 40.6 Å². The van der Waals surface area contributed by atoms with Crippen molar-refractivity contribution in [3.05, 3.63) is 81.5 Å². The summed E-state index contributed by atoms with van der Waals surface area (Å²) < 4.78 is 35.1. The summed E-state index contributed by atoms with van der Waals surface area (Å²) >= 11 is 1.58. The van der Waals surface area contributed by atoms with E-state index in [4.69, 9.17) is 4.74 Å². The molecule has 0 saturated carbocycles. The first-order valence-corrected chi connectivity index (χ1v) is 17.2. The summed E-state index contributed by atoms with van der Waals surface area (Å²) in [5.41, 5.74) is 2.85. The van der Waals surface area contributed by atoms with E-state index in [1.807, 2.05) is 47.8 Å². The third-order valence-corrected chi connectivity index (χ3v) is 9.64. The van der Waals surface area contributed by atoms with Gasteiger partial charge in [-0.3, -0.25) is 9.59 Å². The molecule has 3 N–H and O–H groups in total. The lowest BCUT2D eigenvalue weighted by Crippen LogP contribution is -2.55. The van der Waals surface area contributed by atoms with Crippen LogP contribution in [0.2, 0.25) is 0 Å². The van der Waals surface area contributed by atoms with Gasteiger partial charge in [0, 0.05) is 47.9 Å². The van der Waals surface area contributed by atoms with Gasteiger partial charge in [-0.25, -0.2) is 0 Å². The second kappa shape index (κ2) is 15.4. The fourth-order valence-electron chi connectivity index (χ4n) is 4.64. The van der Waals surface area contributed by atoms with Crippen LogP contribution in [-0.2, 0) is 21.5 Å².